The lowest BCUT2D eigenvalue weighted by Gasteiger charge is -2.27. The van der Waals surface area contributed by atoms with Crippen molar-refractivity contribution in [3.63, 3.8) is 0 Å². The summed E-state index contributed by atoms with van der Waals surface area (Å²) in [5.74, 6) is 0.225. The van der Waals surface area contributed by atoms with Crippen LogP contribution in [0.1, 0.15) is 52.0 Å². The first-order valence-electron chi connectivity index (χ1n) is 11.1. The number of imide groups is 1. The number of nitrogens with zero attached hydrogens (tertiary/aromatic N) is 2. The third kappa shape index (κ3) is 6.21. The highest BCUT2D eigenvalue weighted by Crippen LogP contribution is 2.32. The monoisotopic (exact) mass is 440 g/mol. The number of hydrogen-bond donors (Lipinski definition) is 0. The summed E-state index contributed by atoms with van der Waals surface area (Å²) in [6.07, 6.45) is 5.37. The van der Waals surface area contributed by atoms with Gasteiger partial charge < -0.3 is 14.2 Å². The Morgan fingerprint density at radius 1 is 1.06 bits per heavy atom. The number of carbonyl (C=O) groups excluding carboxylic acids is 2. The summed E-state index contributed by atoms with van der Waals surface area (Å²) in [5.41, 5.74) is 1.39. The molecular weight excluding hydrogens is 408 g/mol. The lowest BCUT2D eigenvalue weighted by Crippen LogP contribution is -2.43. The molecule has 2 amide bonds. The second-order valence-corrected chi connectivity index (χ2v) is 7.45. The Labute approximate surface area is 190 Å². The van der Waals surface area contributed by atoms with Crippen molar-refractivity contribution in [2.75, 3.05) is 33.5 Å². The maximum Gasteiger partial charge on any atom is 0.271 e. The van der Waals surface area contributed by atoms with Crippen molar-refractivity contribution in [1.82, 2.24) is 4.90 Å². The molecule has 32 heavy (non-hydrogen) atoms. The van der Waals surface area contributed by atoms with Crippen LogP contribution in [-0.2, 0) is 14.3 Å². The van der Waals surface area contributed by atoms with Crippen molar-refractivity contribution >= 4 is 17.9 Å². The molecule has 0 atom stereocenters. The van der Waals surface area contributed by atoms with E-state index in [2.05, 4.69) is 6.92 Å². The topological polar surface area (TPSA) is 88.9 Å². The summed E-state index contributed by atoms with van der Waals surface area (Å²) >= 11 is 0. The van der Waals surface area contributed by atoms with Crippen LogP contribution < -0.4 is 9.47 Å². The van der Waals surface area contributed by atoms with Crippen molar-refractivity contribution in [2.45, 2.75) is 46.5 Å². The Bertz CT molecular complexity index is 927. The fourth-order valence-electron chi connectivity index (χ4n) is 3.40. The second-order valence-electron chi connectivity index (χ2n) is 7.45. The number of ether oxygens (including phenoxy) is 3. The molecule has 1 aliphatic rings. The molecule has 0 fully saturated rings. The molecular formula is C25H32N2O5. The van der Waals surface area contributed by atoms with Gasteiger partial charge in [0.15, 0.2) is 11.5 Å². The van der Waals surface area contributed by atoms with Crippen molar-refractivity contribution in [2.24, 2.45) is 0 Å². The van der Waals surface area contributed by atoms with E-state index < -0.39 is 11.8 Å². The Morgan fingerprint density at radius 2 is 1.84 bits per heavy atom. The minimum absolute atomic E-state index is 0.0184. The Morgan fingerprint density at radius 3 is 2.50 bits per heavy atom. The Hall–Kier alpha value is -3.11. The Kier molecular flexibility index (Phi) is 9.96. The van der Waals surface area contributed by atoms with E-state index in [9.17, 15) is 14.9 Å². The van der Waals surface area contributed by atoms with Crippen molar-refractivity contribution in [3.05, 3.63) is 40.5 Å². The van der Waals surface area contributed by atoms with Gasteiger partial charge in [0.1, 0.15) is 11.6 Å². The lowest BCUT2D eigenvalue weighted by atomic mass is 9.93. The highest BCUT2D eigenvalue weighted by molar-refractivity contribution is 6.19. The van der Waals surface area contributed by atoms with E-state index in [-0.39, 0.29) is 12.1 Å². The van der Waals surface area contributed by atoms with Crippen LogP contribution in [-0.4, -0.2) is 50.2 Å². The van der Waals surface area contributed by atoms with Crippen LogP contribution in [0.5, 0.6) is 11.5 Å². The van der Waals surface area contributed by atoms with Crippen LogP contribution in [0.25, 0.3) is 6.08 Å². The van der Waals surface area contributed by atoms with Crippen molar-refractivity contribution in [3.8, 4) is 17.6 Å². The van der Waals surface area contributed by atoms with Gasteiger partial charge in [0.25, 0.3) is 11.8 Å². The fourth-order valence-corrected chi connectivity index (χ4v) is 3.40. The Balaban J connectivity index is 2.31. The maximum atomic E-state index is 13.1. The van der Waals surface area contributed by atoms with Crippen molar-refractivity contribution in [1.29, 1.82) is 5.26 Å². The van der Waals surface area contributed by atoms with Crippen LogP contribution in [0.15, 0.2) is 34.9 Å². The number of amides is 2. The molecule has 1 aliphatic heterocycles. The number of carbonyl (C=O) groups is 2. The molecule has 0 aliphatic carbocycles. The molecule has 7 nitrogen and oxygen atoms in total. The number of unbranched alkanes of at least 4 members (excludes halogenated alkanes) is 2. The van der Waals surface area contributed by atoms with Crippen LogP contribution in [0.2, 0.25) is 0 Å². The molecule has 0 aromatic heterocycles. The van der Waals surface area contributed by atoms with Gasteiger partial charge in [-0.05, 0) is 56.0 Å². The smallest absolute Gasteiger partial charge is 0.271 e. The van der Waals surface area contributed by atoms with Gasteiger partial charge in [-0.1, -0.05) is 25.8 Å². The molecule has 7 heteroatoms. The fraction of sp³-hybridized carbons (Fsp3) is 0.480. The van der Waals surface area contributed by atoms with Gasteiger partial charge in [0, 0.05) is 25.3 Å². The number of nitriles is 1. The summed E-state index contributed by atoms with van der Waals surface area (Å²) in [5, 5.41) is 9.51. The minimum atomic E-state index is -0.558. The standard InChI is InChI=1S/C25H32N2O5/c1-5-7-8-14-32-22-11-10-19(16-23(22)30-4)15-20-18(3)21(17-26)25(29)27(24(20)28)12-9-13-31-6-2/h10-11,15-16H,5-9,12-14H2,1-4H3/b20-15+. The first-order chi connectivity index (χ1) is 15.5. The number of benzene rings is 1. The van der Waals surface area contributed by atoms with E-state index in [1.165, 1.54) is 0 Å². The molecule has 1 aromatic carbocycles. The SMILES string of the molecule is CCCCCOc1ccc(/C=C2/C(=O)N(CCCOCC)C(=O)C(C#N)=C2C)cc1OC. The minimum Gasteiger partial charge on any atom is -0.493 e. The predicted octanol–water partition coefficient (Wildman–Crippen LogP) is 4.28. The number of rotatable bonds is 12. The van der Waals surface area contributed by atoms with Crippen LogP contribution in [0.3, 0.4) is 0 Å². The largest absolute Gasteiger partial charge is 0.493 e. The quantitative estimate of drug-likeness (QED) is 0.274. The van der Waals surface area contributed by atoms with E-state index in [1.54, 1.807) is 32.2 Å². The molecule has 0 bridgehead atoms. The molecule has 0 spiro atoms. The molecule has 0 saturated carbocycles. The first kappa shape index (κ1) is 25.2. The summed E-state index contributed by atoms with van der Waals surface area (Å²) in [4.78, 5) is 26.9. The van der Waals surface area contributed by atoms with E-state index >= 15 is 0 Å². The van der Waals surface area contributed by atoms with Gasteiger partial charge in [-0.3, -0.25) is 14.5 Å². The molecule has 2 rings (SSSR count). The van der Waals surface area contributed by atoms with Crippen molar-refractivity contribution < 1.29 is 23.8 Å². The zero-order valence-corrected chi connectivity index (χ0v) is 19.4. The van der Waals surface area contributed by atoms with E-state index in [1.807, 2.05) is 19.1 Å². The van der Waals surface area contributed by atoms with E-state index in [4.69, 9.17) is 14.2 Å². The predicted molar refractivity (Wildman–Crippen MR) is 122 cm³/mol. The highest BCUT2D eigenvalue weighted by Gasteiger charge is 2.35. The summed E-state index contributed by atoms with van der Waals surface area (Å²) in [7, 11) is 1.56. The third-order valence-corrected chi connectivity index (χ3v) is 5.20. The van der Waals surface area contributed by atoms with Gasteiger partial charge in [-0.2, -0.15) is 5.26 Å². The van der Waals surface area contributed by atoms with Gasteiger partial charge >= 0.3 is 0 Å². The molecule has 172 valence electrons. The summed E-state index contributed by atoms with van der Waals surface area (Å²) in [6, 6.07) is 7.37. The van der Waals surface area contributed by atoms with E-state index in [0.717, 1.165) is 24.2 Å². The molecule has 0 unspecified atom stereocenters. The molecule has 0 N–H and O–H groups in total. The van der Waals surface area contributed by atoms with Crippen LogP contribution in [0, 0.1) is 11.3 Å². The van der Waals surface area contributed by atoms with E-state index in [0.29, 0.717) is 54.5 Å². The summed E-state index contributed by atoms with van der Waals surface area (Å²) < 4.78 is 16.6. The molecule has 1 heterocycles. The number of methoxy groups -OCH3 is 1. The van der Waals surface area contributed by atoms with Gasteiger partial charge in [0.2, 0.25) is 0 Å². The number of hydrogen-bond acceptors (Lipinski definition) is 6. The van der Waals surface area contributed by atoms with Gasteiger partial charge in [0.05, 0.1) is 13.7 Å². The zero-order valence-electron chi connectivity index (χ0n) is 19.4. The average molecular weight is 441 g/mol. The van der Waals surface area contributed by atoms with Crippen LogP contribution in [0.4, 0.5) is 0 Å². The zero-order chi connectivity index (χ0) is 23.5. The lowest BCUT2D eigenvalue weighted by molar-refractivity contribution is -0.140. The highest BCUT2D eigenvalue weighted by atomic mass is 16.5. The van der Waals surface area contributed by atoms with Gasteiger partial charge in [-0.15, -0.1) is 0 Å². The summed E-state index contributed by atoms with van der Waals surface area (Å²) in [6.45, 7) is 7.45. The van der Waals surface area contributed by atoms with Gasteiger partial charge in [-0.25, -0.2) is 0 Å². The van der Waals surface area contributed by atoms with Crippen LogP contribution >= 0.6 is 0 Å². The molecule has 1 aromatic rings. The third-order valence-electron chi connectivity index (χ3n) is 5.20. The maximum absolute atomic E-state index is 13.1. The first-order valence-corrected chi connectivity index (χ1v) is 11.1. The average Bonchev–Trinajstić information content (AvgIpc) is 2.79. The molecule has 0 saturated heterocycles. The second kappa shape index (κ2) is 12.7. The normalized spacial score (nSPS) is 15.3. The molecule has 0 radical (unpaired) electrons.